The van der Waals surface area contributed by atoms with Crippen LogP contribution in [0.15, 0.2) is 0 Å². The number of halogens is 2. The molecule has 0 saturated heterocycles. The van der Waals surface area contributed by atoms with Gasteiger partial charge in [0.1, 0.15) is 0 Å². The topological polar surface area (TPSA) is 12.0 Å². The third-order valence-corrected chi connectivity index (χ3v) is 1.67. The molecule has 0 radical (unpaired) electrons. The van der Waals surface area contributed by atoms with Crippen LogP contribution in [0.4, 0.5) is 8.78 Å². The van der Waals surface area contributed by atoms with Crippen molar-refractivity contribution in [1.29, 1.82) is 0 Å². The second-order valence-corrected chi connectivity index (χ2v) is 2.69. The lowest BCUT2D eigenvalue weighted by atomic mass is 9.81. The van der Waals surface area contributed by atoms with Crippen molar-refractivity contribution in [1.82, 2.24) is 5.32 Å². The van der Waals surface area contributed by atoms with Gasteiger partial charge in [0.25, 0.3) is 0 Å². The van der Waals surface area contributed by atoms with Gasteiger partial charge in [-0.25, -0.2) is 8.78 Å². The van der Waals surface area contributed by atoms with Crippen molar-refractivity contribution in [3.63, 3.8) is 0 Å². The summed E-state index contributed by atoms with van der Waals surface area (Å²) in [5, 5.41) is 2.87. The first-order valence-electron chi connectivity index (χ1n) is 4.16. The van der Waals surface area contributed by atoms with Crippen LogP contribution >= 0.6 is 0 Å². The van der Waals surface area contributed by atoms with E-state index >= 15 is 0 Å². The molecule has 0 bridgehead atoms. The van der Waals surface area contributed by atoms with E-state index in [0.717, 1.165) is 6.54 Å². The summed E-state index contributed by atoms with van der Waals surface area (Å²) < 4.78 is 24.2. The highest BCUT2D eigenvalue weighted by atomic mass is 19.3. The van der Waals surface area contributed by atoms with Gasteiger partial charge >= 0.3 is 0 Å². The minimum Gasteiger partial charge on any atom is -0.319 e. The molecule has 1 rings (SSSR count). The van der Waals surface area contributed by atoms with E-state index in [1.54, 1.807) is 7.05 Å². The smallest absolute Gasteiger partial charge is 0.248 e. The Morgan fingerprint density at radius 3 is 2.09 bits per heavy atom. The third-order valence-electron chi connectivity index (χ3n) is 1.67. The first-order valence-corrected chi connectivity index (χ1v) is 4.16. The summed E-state index contributed by atoms with van der Waals surface area (Å²) in [5.41, 5.74) is 0. The number of nitrogens with one attached hydrogen (secondary N) is 1. The summed E-state index contributed by atoms with van der Waals surface area (Å²) in [6.07, 6.45) is 0.154. The van der Waals surface area contributed by atoms with E-state index in [9.17, 15) is 8.78 Å². The van der Waals surface area contributed by atoms with Crippen molar-refractivity contribution in [3.8, 4) is 0 Å². The molecule has 1 fully saturated rings. The fourth-order valence-electron chi connectivity index (χ4n) is 1.22. The fraction of sp³-hybridized carbons (Fsp3) is 1.00. The maximum Gasteiger partial charge on any atom is 0.248 e. The normalized spacial score (nSPS) is 21.5. The Balaban J connectivity index is 0.000000461. The monoisotopic (exact) mass is 165 g/mol. The second kappa shape index (κ2) is 4.65. The van der Waals surface area contributed by atoms with Crippen molar-refractivity contribution < 1.29 is 8.78 Å². The van der Waals surface area contributed by atoms with Crippen LogP contribution in [-0.4, -0.2) is 19.5 Å². The van der Waals surface area contributed by atoms with E-state index in [-0.39, 0.29) is 18.8 Å². The van der Waals surface area contributed by atoms with Crippen LogP contribution in [0.25, 0.3) is 0 Å². The van der Waals surface area contributed by atoms with Gasteiger partial charge in [0.05, 0.1) is 0 Å². The standard InChI is InChI=1S/C6H11F2N.C2H6/c1-9-4-5-2-6(7,8)3-5;1-2/h5,9H,2-4H2,1H3;1-2H3. The second-order valence-electron chi connectivity index (χ2n) is 2.69. The van der Waals surface area contributed by atoms with Crippen molar-refractivity contribution in [2.45, 2.75) is 32.6 Å². The van der Waals surface area contributed by atoms with Gasteiger partial charge in [-0.3, -0.25) is 0 Å². The lowest BCUT2D eigenvalue weighted by Crippen LogP contribution is -2.40. The van der Waals surface area contributed by atoms with Gasteiger partial charge < -0.3 is 5.32 Å². The first-order chi connectivity index (χ1) is 5.14. The summed E-state index contributed by atoms with van der Waals surface area (Å²) >= 11 is 0. The molecule has 1 saturated carbocycles. The van der Waals surface area contributed by atoms with Gasteiger partial charge in [0.15, 0.2) is 0 Å². The number of rotatable bonds is 2. The van der Waals surface area contributed by atoms with Crippen LogP contribution in [-0.2, 0) is 0 Å². The lowest BCUT2D eigenvalue weighted by Gasteiger charge is -2.34. The Morgan fingerprint density at radius 1 is 1.36 bits per heavy atom. The van der Waals surface area contributed by atoms with Gasteiger partial charge in [-0.1, -0.05) is 13.8 Å². The zero-order valence-electron chi connectivity index (χ0n) is 7.45. The van der Waals surface area contributed by atoms with Gasteiger partial charge in [0.2, 0.25) is 5.92 Å². The van der Waals surface area contributed by atoms with E-state index in [4.69, 9.17) is 0 Å². The SMILES string of the molecule is CC.CNCC1CC(F)(F)C1. The zero-order chi connectivity index (χ0) is 8.91. The average molecular weight is 165 g/mol. The van der Waals surface area contributed by atoms with Crippen molar-refractivity contribution >= 4 is 0 Å². The van der Waals surface area contributed by atoms with Crippen LogP contribution in [0.1, 0.15) is 26.7 Å². The molecule has 0 aliphatic heterocycles. The molecule has 0 amide bonds. The van der Waals surface area contributed by atoms with Crippen LogP contribution in [0, 0.1) is 5.92 Å². The Morgan fingerprint density at radius 2 is 1.82 bits per heavy atom. The molecule has 0 spiro atoms. The third kappa shape index (κ3) is 3.65. The Bertz CT molecular complexity index is 96.3. The maximum absolute atomic E-state index is 12.1. The molecule has 0 atom stereocenters. The van der Waals surface area contributed by atoms with Gasteiger partial charge in [-0.05, 0) is 19.5 Å². The van der Waals surface area contributed by atoms with Gasteiger partial charge in [-0.15, -0.1) is 0 Å². The number of alkyl halides is 2. The van der Waals surface area contributed by atoms with Crippen LogP contribution in [0.3, 0.4) is 0 Å². The molecule has 1 nitrogen and oxygen atoms in total. The van der Waals surface area contributed by atoms with Crippen molar-refractivity contribution in [2.24, 2.45) is 5.92 Å². The quantitative estimate of drug-likeness (QED) is 0.662. The van der Waals surface area contributed by atoms with Crippen LogP contribution < -0.4 is 5.32 Å². The Labute approximate surface area is 67.2 Å². The van der Waals surface area contributed by atoms with Crippen molar-refractivity contribution in [3.05, 3.63) is 0 Å². The average Bonchev–Trinajstić information content (AvgIpc) is 1.89. The van der Waals surface area contributed by atoms with Crippen LogP contribution in [0.5, 0.6) is 0 Å². The first kappa shape index (κ1) is 10.8. The van der Waals surface area contributed by atoms with E-state index in [1.165, 1.54) is 0 Å². The Hall–Kier alpha value is -0.180. The number of hydrogen-bond donors (Lipinski definition) is 1. The largest absolute Gasteiger partial charge is 0.319 e. The summed E-state index contributed by atoms with van der Waals surface area (Å²) in [4.78, 5) is 0. The minimum absolute atomic E-state index is 0.0772. The summed E-state index contributed by atoms with van der Waals surface area (Å²) in [7, 11) is 1.79. The summed E-state index contributed by atoms with van der Waals surface area (Å²) in [5.74, 6) is -2.13. The molecule has 1 aliphatic carbocycles. The van der Waals surface area contributed by atoms with E-state index in [0.29, 0.717) is 0 Å². The van der Waals surface area contributed by atoms with E-state index in [1.807, 2.05) is 13.8 Å². The summed E-state index contributed by atoms with van der Waals surface area (Å²) in [6, 6.07) is 0. The van der Waals surface area contributed by atoms with Gasteiger partial charge in [-0.2, -0.15) is 0 Å². The highest BCUT2D eigenvalue weighted by Gasteiger charge is 2.44. The van der Waals surface area contributed by atoms with E-state index < -0.39 is 5.92 Å². The molecule has 11 heavy (non-hydrogen) atoms. The molecule has 0 aromatic carbocycles. The van der Waals surface area contributed by atoms with Crippen molar-refractivity contribution in [2.75, 3.05) is 13.6 Å². The van der Waals surface area contributed by atoms with Gasteiger partial charge in [0, 0.05) is 12.8 Å². The predicted octanol–water partition coefficient (Wildman–Crippen LogP) is 2.28. The Kier molecular flexibility index (Phi) is 4.57. The molecule has 0 aromatic rings. The number of hydrogen-bond acceptors (Lipinski definition) is 1. The molecular weight excluding hydrogens is 148 g/mol. The van der Waals surface area contributed by atoms with Crippen LogP contribution in [0.2, 0.25) is 0 Å². The molecule has 0 heterocycles. The molecule has 1 aliphatic rings. The lowest BCUT2D eigenvalue weighted by molar-refractivity contribution is -0.108. The highest BCUT2D eigenvalue weighted by molar-refractivity contribution is 4.86. The molecule has 0 aromatic heterocycles. The predicted molar refractivity (Wildman–Crippen MR) is 42.9 cm³/mol. The molecular formula is C8H17F2N. The molecule has 68 valence electrons. The zero-order valence-corrected chi connectivity index (χ0v) is 7.45. The minimum atomic E-state index is -2.35. The molecule has 3 heteroatoms. The molecule has 1 N–H and O–H groups in total. The maximum atomic E-state index is 12.1. The highest BCUT2D eigenvalue weighted by Crippen LogP contribution is 2.41. The van der Waals surface area contributed by atoms with E-state index in [2.05, 4.69) is 5.32 Å². The summed E-state index contributed by atoms with van der Waals surface area (Å²) in [6.45, 7) is 4.73. The fourth-order valence-corrected chi connectivity index (χ4v) is 1.22. The molecule has 0 unspecified atom stereocenters.